The van der Waals surface area contributed by atoms with E-state index in [2.05, 4.69) is 43.3 Å². The van der Waals surface area contributed by atoms with Gasteiger partial charge in [-0.05, 0) is 77.9 Å². The van der Waals surface area contributed by atoms with Crippen LogP contribution in [0.3, 0.4) is 0 Å². The Morgan fingerprint density at radius 1 is 1.05 bits per heavy atom. The number of hydrogen-bond donors (Lipinski definition) is 0. The summed E-state index contributed by atoms with van der Waals surface area (Å²) >= 11 is 0. The van der Waals surface area contributed by atoms with Crippen LogP contribution in [0.1, 0.15) is 39.0 Å². The van der Waals surface area contributed by atoms with Crippen molar-refractivity contribution in [2.75, 3.05) is 19.8 Å². The van der Waals surface area contributed by atoms with Crippen LogP contribution in [0.15, 0.2) is 72.3 Å². The number of rotatable bonds is 7. The molecular weight excluding hydrogens is 474 g/mol. The molecule has 1 heterocycles. The Bertz CT molecular complexity index is 1510. The van der Waals surface area contributed by atoms with Gasteiger partial charge in [0.1, 0.15) is 19.0 Å². The van der Waals surface area contributed by atoms with E-state index in [0.29, 0.717) is 36.7 Å². The number of carbonyl (C=O) groups is 1. The summed E-state index contributed by atoms with van der Waals surface area (Å²) in [7, 11) is 0. The molecule has 190 valence electrons. The number of carbonyl (C=O) groups excluding carboxylic acids is 1. The Hall–Kier alpha value is -4.56. The predicted octanol–water partition coefficient (Wildman–Crippen LogP) is 7.13. The largest absolute Gasteiger partial charge is 0.492 e. The number of ether oxygens (including phenoxy) is 3. The molecular formula is C33H29NO4. The fourth-order valence-corrected chi connectivity index (χ4v) is 4.84. The van der Waals surface area contributed by atoms with E-state index in [4.69, 9.17) is 14.2 Å². The van der Waals surface area contributed by atoms with Gasteiger partial charge in [-0.15, -0.1) is 0 Å². The monoisotopic (exact) mass is 503 g/mol. The lowest BCUT2D eigenvalue weighted by atomic mass is 9.95. The number of benzene rings is 3. The molecule has 1 atom stereocenters. The fraction of sp³-hybridized carbons (Fsp3) is 0.212. The average molecular weight is 504 g/mol. The molecule has 1 aliphatic carbocycles. The molecule has 0 aromatic heterocycles. The van der Waals surface area contributed by atoms with E-state index in [-0.39, 0.29) is 5.92 Å². The first-order valence-corrected chi connectivity index (χ1v) is 12.7. The fourth-order valence-electron chi connectivity index (χ4n) is 4.84. The number of aldehydes is 1. The molecule has 0 saturated heterocycles. The quantitative estimate of drug-likeness (QED) is 0.253. The number of hydrogen-bond acceptors (Lipinski definition) is 5. The van der Waals surface area contributed by atoms with Crippen molar-refractivity contribution in [3.05, 3.63) is 100 Å². The van der Waals surface area contributed by atoms with E-state index in [9.17, 15) is 10.1 Å². The van der Waals surface area contributed by atoms with Crippen molar-refractivity contribution in [3.8, 4) is 34.4 Å². The average Bonchev–Trinajstić information content (AvgIpc) is 2.95. The van der Waals surface area contributed by atoms with Gasteiger partial charge in [0, 0.05) is 11.5 Å². The Labute approximate surface area is 223 Å². The number of nitrogens with zero attached hydrogens (tertiary/aromatic N) is 1. The summed E-state index contributed by atoms with van der Waals surface area (Å²) in [6.07, 6.45) is 11.5. The minimum absolute atomic E-state index is 0.0969. The molecule has 0 radical (unpaired) electrons. The molecule has 0 amide bonds. The van der Waals surface area contributed by atoms with E-state index < -0.39 is 0 Å². The van der Waals surface area contributed by atoms with Gasteiger partial charge in [0.05, 0.1) is 18.2 Å². The molecule has 0 spiro atoms. The van der Waals surface area contributed by atoms with Crippen LogP contribution in [-0.2, 0) is 0 Å². The van der Waals surface area contributed by atoms with Gasteiger partial charge >= 0.3 is 0 Å². The van der Waals surface area contributed by atoms with E-state index in [1.165, 1.54) is 0 Å². The third kappa shape index (κ3) is 5.40. The van der Waals surface area contributed by atoms with E-state index in [1.54, 1.807) is 0 Å². The molecule has 5 rings (SSSR count). The number of fused-ring (bicyclic) bond motifs is 1. The highest BCUT2D eigenvalue weighted by atomic mass is 16.6. The van der Waals surface area contributed by atoms with Crippen molar-refractivity contribution >= 4 is 18.4 Å². The van der Waals surface area contributed by atoms with Crippen LogP contribution in [0.4, 0.5) is 0 Å². The lowest BCUT2D eigenvalue weighted by Gasteiger charge is -2.19. The van der Waals surface area contributed by atoms with E-state index in [0.717, 1.165) is 57.6 Å². The van der Waals surface area contributed by atoms with Gasteiger partial charge in [0.2, 0.25) is 0 Å². The van der Waals surface area contributed by atoms with Gasteiger partial charge in [0.15, 0.2) is 17.8 Å². The summed E-state index contributed by atoms with van der Waals surface area (Å²) in [6.45, 7) is 5.56. The van der Waals surface area contributed by atoms with Crippen molar-refractivity contribution in [2.24, 2.45) is 5.92 Å². The highest BCUT2D eigenvalue weighted by molar-refractivity contribution is 5.84. The summed E-state index contributed by atoms with van der Waals surface area (Å²) in [5.41, 5.74) is 7.46. The number of aryl methyl sites for hydroxylation is 1. The lowest BCUT2D eigenvalue weighted by Crippen LogP contribution is -2.15. The summed E-state index contributed by atoms with van der Waals surface area (Å²) in [5, 5.41) is 9.18. The maximum absolute atomic E-state index is 11.8. The van der Waals surface area contributed by atoms with Crippen molar-refractivity contribution in [1.82, 2.24) is 0 Å². The summed E-state index contributed by atoms with van der Waals surface area (Å²) < 4.78 is 17.5. The zero-order chi connectivity index (χ0) is 26.5. The molecule has 0 N–H and O–H groups in total. The normalized spacial score (nSPS) is 16.1. The van der Waals surface area contributed by atoms with E-state index in [1.807, 2.05) is 55.5 Å². The van der Waals surface area contributed by atoms with Gasteiger partial charge in [-0.1, -0.05) is 54.6 Å². The first kappa shape index (κ1) is 25.1. The molecule has 3 aromatic carbocycles. The highest BCUT2D eigenvalue weighted by Crippen LogP contribution is 2.36. The van der Waals surface area contributed by atoms with Crippen LogP contribution >= 0.6 is 0 Å². The number of allylic oxidation sites excluding steroid dienone is 3. The van der Waals surface area contributed by atoms with Crippen molar-refractivity contribution in [1.29, 1.82) is 5.26 Å². The molecule has 3 aromatic rings. The smallest absolute Gasteiger partial charge is 0.161 e. The molecule has 0 fully saturated rings. The van der Waals surface area contributed by atoms with Gasteiger partial charge < -0.3 is 14.2 Å². The minimum Gasteiger partial charge on any atom is -0.492 e. The Kier molecular flexibility index (Phi) is 7.42. The predicted molar refractivity (Wildman–Crippen MR) is 150 cm³/mol. The second-order valence-electron chi connectivity index (χ2n) is 9.52. The first-order chi connectivity index (χ1) is 18.6. The first-order valence-electron chi connectivity index (χ1n) is 12.7. The Morgan fingerprint density at radius 3 is 2.71 bits per heavy atom. The van der Waals surface area contributed by atoms with Crippen molar-refractivity contribution in [3.63, 3.8) is 0 Å². The molecule has 2 aliphatic rings. The van der Waals surface area contributed by atoms with Crippen molar-refractivity contribution < 1.29 is 19.0 Å². The van der Waals surface area contributed by atoms with Gasteiger partial charge in [-0.2, -0.15) is 5.26 Å². The summed E-state index contributed by atoms with van der Waals surface area (Å²) in [4.78, 5) is 11.8. The van der Waals surface area contributed by atoms with Crippen LogP contribution in [-0.4, -0.2) is 26.1 Å². The Balaban J connectivity index is 1.38. The third-order valence-corrected chi connectivity index (χ3v) is 6.91. The molecule has 0 bridgehead atoms. The van der Waals surface area contributed by atoms with Gasteiger partial charge in [-0.25, -0.2) is 0 Å². The van der Waals surface area contributed by atoms with Crippen LogP contribution in [0.2, 0.25) is 0 Å². The van der Waals surface area contributed by atoms with E-state index >= 15 is 0 Å². The SMILES string of the molecule is Cc1cc(/C=C/c2cccc(-c3ccc4c(c3)OCCO4)c2C)cc(OCC2C=C(C#N)C=CC2)c1C=O. The molecule has 0 saturated carbocycles. The lowest BCUT2D eigenvalue weighted by molar-refractivity contribution is 0.111. The van der Waals surface area contributed by atoms with Crippen LogP contribution < -0.4 is 14.2 Å². The third-order valence-electron chi connectivity index (χ3n) is 6.91. The second-order valence-corrected chi connectivity index (χ2v) is 9.52. The topological polar surface area (TPSA) is 68.6 Å². The molecule has 5 nitrogen and oxygen atoms in total. The molecule has 38 heavy (non-hydrogen) atoms. The van der Waals surface area contributed by atoms with Crippen LogP contribution in [0.25, 0.3) is 23.3 Å². The molecule has 1 aliphatic heterocycles. The summed E-state index contributed by atoms with van der Waals surface area (Å²) in [5.74, 6) is 2.21. The molecule has 5 heteroatoms. The van der Waals surface area contributed by atoms with Crippen LogP contribution in [0.5, 0.6) is 17.2 Å². The zero-order valence-electron chi connectivity index (χ0n) is 21.6. The van der Waals surface area contributed by atoms with Crippen molar-refractivity contribution in [2.45, 2.75) is 20.3 Å². The zero-order valence-corrected chi connectivity index (χ0v) is 21.6. The van der Waals surface area contributed by atoms with Gasteiger partial charge in [0.25, 0.3) is 0 Å². The summed E-state index contributed by atoms with van der Waals surface area (Å²) in [6, 6.07) is 18.4. The maximum atomic E-state index is 11.8. The standard InChI is InChI=1S/C33H29NO4/c1-22-15-24(17-32(30(22)20-35)38-21-26-6-3-5-25(16-26)19-34)9-10-27-7-4-8-29(23(27)2)28-11-12-31-33(18-28)37-14-13-36-31/h3-5,7-12,15-18,20,26H,6,13-14,21H2,1-2H3/b10-9+. The van der Waals surface area contributed by atoms with Crippen LogP contribution in [0, 0.1) is 31.1 Å². The highest BCUT2D eigenvalue weighted by Gasteiger charge is 2.15. The maximum Gasteiger partial charge on any atom is 0.161 e. The minimum atomic E-state index is 0.0969. The molecule has 1 unspecified atom stereocenters. The Morgan fingerprint density at radius 2 is 1.89 bits per heavy atom. The van der Waals surface area contributed by atoms with Gasteiger partial charge in [-0.3, -0.25) is 4.79 Å². The number of nitriles is 1. The second kappa shape index (κ2) is 11.2.